The zero-order chi connectivity index (χ0) is 10.9. The molecule has 0 heterocycles. The minimum absolute atomic E-state index is 0.165. The summed E-state index contributed by atoms with van der Waals surface area (Å²) in [5, 5.41) is 18.9. The van der Waals surface area contributed by atoms with E-state index in [4.69, 9.17) is 5.26 Å². The van der Waals surface area contributed by atoms with Gasteiger partial charge in [0.1, 0.15) is 0 Å². The van der Waals surface area contributed by atoms with Crippen LogP contribution in [-0.4, -0.2) is 11.2 Å². The van der Waals surface area contributed by atoms with E-state index in [9.17, 15) is 5.11 Å². The summed E-state index contributed by atoms with van der Waals surface area (Å²) in [4.78, 5) is 0. The molecule has 2 heteroatoms. The highest BCUT2D eigenvalue weighted by molar-refractivity contribution is 4.99. The largest absolute Gasteiger partial charge is 0.391 e. The van der Waals surface area contributed by atoms with Crippen LogP contribution in [0.5, 0.6) is 0 Å². The molecular weight excluding hydrogens is 162 g/mol. The van der Waals surface area contributed by atoms with Crippen molar-refractivity contribution in [3.8, 4) is 6.07 Å². The van der Waals surface area contributed by atoms with Crippen molar-refractivity contribution in [2.75, 3.05) is 0 Å². The van der Waals surface area contributed by atoms with Crippen LogP contribution >= 0.6 is 0 Å². The number of hydrogen-bond acceptors (Lipinski definition) is 2. The van der Waals surface area contributed by atoms with Gasteiger partial charge in [-0.05, 0) is 10.8 Å². The average molecular weight is 183 g/mol. The second-order valence-electron chi connectivity index (χ2n) is 5.78. The smallest absolute Gasteiger partial charge is 0.0776 e. The summed E-state index contributed by atoms with van der Waals surface area (Å²) in [6.45, 7) is 11.8. The molecule has 0 amide bonds. The van der Waals surface area contributed by atoms with E-state index in [2.05, 4.69) is 6.07 Å². The van der Waals surface area contributed by atoms with Gasteiger partial charge in [0.15, 0.2) is 0 Å². The monoisotopic (exact) mass is 183 g/mol. The molecule has 76 valence electrons. The van der Waals surface area contributed by atoms with Crippen molar-refractivity contribution in [3.63, 3.8) is 0 Å². The van der Waals surface area contributed by atoms with E-state index < -0.39 is 6.10 Å². The van der Waals surface area contributed by atoms with Crippen molar-refractivity contribution in [2.45, 2.75) is 47.6 Å². The van der Waals surface area contributed by atoms with E-state index in [1.54, 1.807) is 0 Å². The maximum atomic E-state index is 9.96. The van der Waals surface area contributed by atoms with Crippen LogP contribution in [0.1, 0.15) is 41.5 Å². The molecule has 1 N–H and O–H groups in total. The van der Waals surface area contributed by atoms with Crippen LogP contribution in [0, 0.1) is 28.1 Å². The van der Waals surface area contributed by atoms with Crippen LogP contribution in [0.25, 0.3) is 0 Å². The predicted molar refractivity (Wildman–Crippen MR) is 54.0 cm³/mol. The van der Waals surface area contributed by atoms with Gasteiger partial charge in [-0.3, -0.25) is 0 Å². The van der Waals surface area contributed by atoms with E-state index in [0.29, 0.717) is 0 Å². The average Bonchev–Trinajstić information content (AvgIpc) is 1.83. The number of nitrogens with zero attached hydrogens (tertiary/aromatic N) is 1. The molecule has 2 atom stereocenters. The number of nitriles is 1. The molecule has 13 heavy (non-hydrogen) atoms. The maximum Gasteiger partial charge on any atom is 0.0776 e. The maximum absolute atomic E-state index is 9.96. The normalized spacial score (nSPS) is 17.7. The Hall–Kier alpha value is -0.550. The van der Waals surface area contributed by atoms with Crippen molar-refractivity contribution >= 4 is 0 Å². The molecule has 0 aliphatic heterocycles. The Labute approximate surface area is 81.6 Å². The van der Waals surface area contributed by atoms with Gasteiger partial charge in [-0.1, -0.05) is 41.5 Å². The van der Waals surface area contributed by atoms with Crippen LogP contribution < -0.4 is 0 Å². The molecule has 0 bridgehead atoms. The standard InChI is InChI=1S/C11H21NO/c1-10(2,3)8(7-12)9(13)11(4,5)6/h8-9,13H,1-6H3/t8-,9+/m0/s1. The molecule has 0 saturated heterocycles. The summed E-state index contributed by atoms with van der Waals surface area (Å²) in [5.74, 6) is -0.313. The number of aliphatic hydroxyl groups excluding tert-OH is 1. The van der Waals surface area contributed by atoms with Crippen molar-refractivity contribution in [1.82, 2.24) is 0 Å². The summed E-state index contributed by atoms with van der Waals surface area (Å²) < 4.78 is 0. The first-order chi connectivity index (χ1) is 5.60. The summed E-state index contributed by atoms with van der Waals surface area (Å²) in [5.41, 5.74) is -0.394. The first-order valence-electron chi connectivity index (χ1n) is 4.68. The molecule has 0 fully saturated rings. The van der Waals surface area contributed by atoms with Crippen molar-refractivity contribution < 1.29 is 5.11 Å². The van der Waals surface area contributed by atoms with E-state index in [-0.39, 0.29) is 16.7 Å². The molecule has 0 aliphatic carbocycles. The zero-order valence-electron chi connectivity index (χ0n) is 9.55. The van der Waals surface area contributed by atoms with Gasteiger partial charge < -0.3 is 5.11 Å². The number of aliphatic hydroxyl groups is 1. The van der Waals surface area contributed by atoms with Gasteiger partial charge in [0.25, 0.3) is 0 Å². The van der Waals surface area contributed by atoms with Gasteiger partial charge >= 0.3 is 0 Å². The van der Waals surface area contributed by atoms with Crippen LogP contribution in [0.2, 0.25) is 0 Å². The minimum atomic E-state index is -0.572. The minimum Gasteiger partial charge on any atom is -0.391 e. The number of rotatable bonds is 1. The van der Waals surface area contributed by atoms with Crippen molar-refractivity contribution in [2.24, 2.45) is 16.7 Å². The van der Waals surface area contributed by atoms with Crippen LogP contribution in [0.4, 0.5) is 0 Å². The highest BCUT2D eigenvalue weighted by atomic mass is 16.3. The topological polar surface area (TPSA) is 44.0 Å². The third-order valence-electron chi connectivity index (χ3n) is 2.28. The molecule has 0 radical (unpaired) electrons. The highest BCUT2D eigenvalue weighted by Crippen LogP contribution is 2.35. The summed E-state index contributed by atoms with van der Waals surface area (Å²) >= 11 is 0. The first-order valence-corrected chi connectivity index (χ1v) is 4.68. The molecule has 0 aromatic rings. The highest BCUT2D eigenvalue weighted by Gasteiger charge is 2.37. The van der Waals surface area contributed by atoms with Crippen LogP contribution in [0.3, 0.4) is 0 Å². The van der Waals surface area contributed by atoms with E-state index in [0.717, 1.165) is 0 Å². The third-order valence-corrected chi connectivity index (χ3v) is 2.28. The van der Waals surface area contributed by atoms with Crippen LogP contribution in [0.15, 0.2) is 0 Å². The zero-order valence-corrected chi connectivity index (χ0v) is 9.55. The summed E-state index contributed by atoms with van der Waals surface area (Å²) in [6, 6.07) is 2.20. The lowest BCUT2D eigenvalue weighted by molar-refractivity contribution is -0.00604. The third kappa shape index (κ3) is 3.36. The Morgan fingerprint density at radius 1 is 1.00 bits per heavy atom. The predicted octanol–water partition coefficient (Wildman–Crippen LogP) is 2.58. The second-order valence-corrected chi connectivity index (χ2v) is 5.78. The Bertz CT molecular complexity index is 202. The molecule has 0 spiro atoms. The van der Waals surface area contributed by atoms with Gasteiger partial charge in [-0.15, -0.1) is 0 Å². The van der Waals surface area contributed by atoms with Gasteiger partial charge in [0.05, 0.1) is 18.1 Å². The lowest BCUT2D eigenvalue weighted by Gasteiger charge is -2.36. The fourth-order valence-corrected chi connectivity index (χ4v) is 1.24. The molecule has 0 unspecified atom stereocenters. The Kier molecular flexibility index (Phi) is 3.52. The quantitative estimate of drug-likeness (QED) is 0.679. The fraction of sp³-hybridized carbons (Fsp3) is 0.909. The van der Waals surface area contributed by atoms with Gasteiger partial charge in [-0.2, -0.15) is 5.26 Å². The van der Waals surface area contributed by atoms with Crippen molar-refractivity contribution in [3.05, 3.63) is 0 Å². The molecule has 0 saturated carbocycles. The van der Waals surface area contributed by atoms with Gasteiger partial charge in [0, 0.05) is 0 Å². The lowest BCUT2D eigenvalue weighted by atomic mass is 9.71. The van der Waals surface area contributed by atoms with Crippen molar-refractivity contribution in [1.29, 1.82) is 5.26 Å². The SMILES string of the molecule is CC(C)(C)[C@H](O)[C@H](C#N)C(C)(C)C. The number of hydrogen-bond donors (Lipinski definition) is 1. The molecule has 2 nitrogen and oxygen atoms in total. The van der Waals surface area contributed by atoms with Crippen LogP contribution in [-0.2, 0) is 0 Å². The summed E-state index contributed by atoms with van der Waals surface area (Å²) in [7, 11) is 0. The van der Waals surface area contributed by atoms with E-state index in [1.165, 1.54) is 0 Å². The lowest BCUT2D eigenvalue weighted by Crippen LogP contribution is -2.39. The Morgan fingerprint density at radius 2 is 1.38 bits per heavy atom. The Morgan fingerprint density at radius 3 is 1.46 bits per heavy atom. The fourth-order valence-electron chi connectivity index (χ4n) is 1.24. The molecule has 0 rings (SSSR count). The van der Waals surface area contributed by atoms with Gasteiger partial charge in [0.2, 0.25) is 0 Å². The summed E-state index contributed by atoms with van der Waals surface area (Å²) in [6.07, 6.45) is -0.572. The van der Waals surface area contributed by atoms with E-state index >= 15 is 0 Å². The molecule has 0 aromatic heterocycles. The van der Waals surface area contributed by atoms with Gasteiger partial charge in [-0.25, -0.2) is 0 Å². The molecule has 0 aromatic carbocycles. The molecule has 0 aliphatic rings. The Balaban J connectivity index is 4.74. The van der Waals surface area contributed by atoms with E-state index in [1.807, 2.05) is 41.5 Å². The second kappa shape index (κ2) is 3.67. The first kappa shape index (κ1) is 12.4. The molecular formula is C11H21NO.